The first-order valence-electron chi connectivity index (χ1n) is 8.68. The second-order valence-electron chi connectivity index (χ2n) is 6.80. The van der Waals surface area contributed by atoms with Gasteiger partial charge in [0.05, 0.1) is 5.56 Å². The summed E-state index contributed by atoms with van der Waals surface area (Å²) in [5.41, 5.74) is 1.84. The number of aliphatic hydroxyl groups is 1. The molecule has 1 amide bonds. The third-order valence-electron chi connectivity index (χ3n) is 4.94. The smallest absolute Gasteiger partial charge is 0.255 e. The minimum Gasteiger partial charge on any atom is -0.396 e. The Morgan fingerprint density at radius 2 is 2.00 bits per heavy atom. The molecule has 5 heteroatoms. The van der Waals surface area contributed by atoms with Crippen molar-refractivity contribution < 1.29 is 9.90 Å². The Kier molecular flexibility index (Phi) is 5.34. The largest absolute Gasteiger partial charge is 0.396 e. The van der Waals surface area contributed by atoms with Gasteiger partial charge in [0.1, 0.15) is 5.82 Å². The number of carbonyl (C=O) groups excluding carboxylic acids is 1. The van der Waals surface area contributed by atoms with E-state index in [4.69, 9.17) is 0 Å². The monoisotopic (exact) mass is 339 g/mol. The SMILES string of the molecule is CN(C)c1ccc(C(=O)N2CC[C@@H](c3ccccc3)[C@@H](CO)C2)cn1. The summed E-state index contributed by atoms with van der Waals surface area (Å²) < 4.78 is 0. The van der Waals surface area contributed by atoms with Crippen molar-refractivity contribution in [2.45, 2.75) is 12.3 Å². The molecule has 1 aromatic heterocycles. The lowest BCUT2D eigenvalue weighted by molar-refractivity contribution is 0.0577. The van der Waals surface area contributed by atoms with Crippen molar-refractivity contribution in [2.24, 2.45) is 5.92 Å². The van der Waals surface area contributed by atoms with E-state index in [-0.39, 0.29) is 18.4 Å². The molecular formula is C20H25N3O2. The number of hydrogen-bond donors (Lipinski definition) is 1. The zero-order valence-electron chi connectivity index (χ0n) is 14.8. The Hall–Kier alpha value is -2.40. The molecule has 3 rings (SSSR count). The van der Waals surface area contributed by atoms with Crippen LogP contribution in [0.15, 0.2) is 48.7 Å². The van der Waals surface area contributed by atoms with Crippen LogP contribution in [0.5, 0.6) is 0 Å². The topological polar surface area (TPSA) is 56.7 Å². The van der Waals surface area contributed by atoms with Crippen molar-refractivity contribution in [3.8, 4) is 0 Å². The van der Waals surface area contributed by atoms with E-state index in [1.807, 2.05) is 54.2 Å². The van der Waals surface area contributed by atoms with E-state index in [0.29, 0.717) is 24.6 Å². The van der Waals surface area contributed by atoms with Crippen molar-refractivity contribution >= 4 is 11.7 Å². The summed E-state index contributed by atoms with van der Waals surface area (Å²) in [5.74, 6) is 1.17. The molecule has 0 saturated carbocycles. The summed E-state index contributed by atoms with van der Waals surface area (Å²) in [7, 11) is 3.84. The van der Waals surface area contributed by atoms with E-state index in [2.05, 4.69) is 17.1 Å². The van der Waals surface area contributed by atoms with E-state index >= 15 is 0 Å². The second kappa shape index (κ2) is 7.66. The van der Waals surface area contributed by atoms with Crippen LogP contribution in [0, 0.1) is 5.92 Å². The normalized spacial score (nSPS) is 20.4. The van der Waals surface area contributed by atoms with E-state index < -0.39 is 0 Å². The fourth-order valence-corrected chi connectivity index (χ4v) is 3.50. The molecule has 0 spiro atoms. The van der Waals surface area contributed by atoms with Crippen LogP contribution in [0.25, 0.3) is 0 Å². The van der Waals surface area contributed by atoms with Gasteiger partial charge in [-0.3, -0.25) is 4.79 Å². The Morgan fingerprint density at radius 1 is 1.24 bits per heavy atom. The number of likely N-dealkylation sites (tertiary alicyclic amines) is 1. The van der Waals surface area contributed by atoms with E-state index in [9.17, 15) is 9.90 Å². The summed E-state index contributed by atoms with van der Waals surface area (Å²) in [6, 6.07) is 13.9. The minimum absolute atomic E-state index is 0.0113. The molecule has 25 heavy (non-hydrogen) atoms. The Bertz CT molecular complexity index is 701. The molecule has 2 heterocycles. The van der Waals surface area contributed by atoms with Crippen LogP contribution in [0.3, 0.4) is 0 Å². The summed E-state index contributed by atoms with van der Waals surface area (Å²) in [6.45, 7) is 1.36. The third kappa shape index (κ3) is 3.82. The molecule has 1 fully saturated rings. The molecular weight excluding hydrogens is 314 g/mol. The van der Waals surface area contributed by atoms with Crippen LogP contribution < -0.4 is 4.90 Å². The number of amides is 1. The molecule has 1 saturated heterocycles. The van der Waals surface area contributed by atoms with Crippen molar-refractivity contribution in [1.29, 1.82) is 0 Å². The number of aliphatic hydroxyl groups excluding tert-OH is 1. The molecule has 2 atom stereocenters. The van der Waals surface area contributed by atoms with Crippen molar-refractivity contribution in [2.75, 3.05) is 38.7 Å². The fraction of sp³-hybridized carbons (Fsp3) is 0.400. The first-order chi connectivity index (χ1) is 12.1. The van der Waals surface area contributed by atoms with Gasteiger partial charge < -0.3 is 14.9 Å². The van der Waals surface area contributed by atoms with Gasteiger partial charge in [0.15, 0.2) is 0 Å². The molecule has 1 aromatic carbocycles. The Balaban J connectivity index is 1.71. The molecule has 0 unspecified atom stereocenters. The summed E-state index contributed by atoms with van der Waals surface area (Å²) in [6.07, 6.45) is 2.50. The summed E-state index contributed by atoms with van der Waals surface area (Å²) in [5, 5.41) is 9.83. The van der Waals surface area contributed by atoms with Crippen LogP contribution in [-0.4, -0.2) is 54.7 Å². The van der Waals surface area contributed by atoms with Crippen LogP contribution in [0.1, 0.15) is 28.3 Å². The average molecular weight is 339 g/mol. The maximum Gasteiger partial charge on any atom is 0.255 e. The quantitative estimate of drug-likeness (QED) is 0.929. The molecule has 1 aliphatic rings. The first-order valence-corrected chi connectivity index (χ1v) is 8.68. The van der Waals surface area contributed by atoms with Crippen molar-refractivity contribution in [3.05, 3.63) is 59.8 Å². The summed E-state index contributed by atoms with van der Waals surface area (Å²) >= 11 is 0. The van der Waals surface area contributed by atoms with Gasteiger partial charge in [-0.1, -0.05) is 30.3 Å². The molecule has 1 N–H and O–H groups in total. The molecule has 132 valence electrons. The zero-order valence-corrected chi connectivity index (χ0v) is 14.8. The van der Waals surface area contributed by atoms with Crippen LogP contribution in [-0.2, 0) is 0 Å². The standard InChI is InChI=1S/C20H25N3O2/c1-22(2)19-9-8-16(12-21-19)20(25)23-11-10-18(17(13-23)14-24)15-6-4-3-5-7-15/h3-9,12,17-18,24H,10-11,13-14H2,1-2H3/t17-,18+/m1/s1. The Labute approximate surface area is 148 Å². The third-order valence-corrected chi connectivity index (χ3v) is 4.94. The van der Waals surface area contributed by atoms with Gasteiger partial charge >= 0.3 is 0 Å². The predicted octanol–water partition coefficient (Wildman–Crippen LogP) is 2.39. The van der Waals surface area contributed by atoms with Gasteiger partial charge in [-0.15, -0.1) is 0 Å². The maximum atomic E-state index is 12.8. The van der Waals surface area contributed by atoms with E-state index in [1.54, 1.807) is 6.20 Å². The number of anilines is 1. The van der Waals surface area contributed by atoms with Crippen LogP contribution >= 0.6 is 0 Å². The van der Waals surface area contributed by atoms with Gasteiger partial charge in [-0.25, -0.2) is 4.98 Å². The number of nitrogens with zero attached hydrogens (tertiary/aromatic N) is 3. The van der Waals surface area contributed by atoms with Crippen LogP contribution in [0.4, 0.5) is 5.82 Å². The molecule has 0 aliphatic carbocycles. The average Bonchev–Trinajstić information content (AvgIpc) is 2.67. The minimum atomic E-state index is -0.0113. The van der Waals surface area contributed by atoms with Crippen molar-refractivity contribution in [1.82, 2.24) is 9.88 Å². The maximum absolute atomic E-state index is 12.8. The fourth-order valence-electron chi connectivity index (χ4n) is 3.50. The number of hydrogen-bond acceptors (Lipinski definition) is 4. The Morgan fingerprint density at radius 3 is 2.60 bits per heavy atom. The van der Waals surface area contributed by atoms with E-state index in [0.717, 1.165) is 12.2 Å². The predicted molar refractivity (Wildman–Crippen MR) is 98.8 cm³/mol. The number of rotatable bonds is 4. The lowest BCUT2D eigenvalue weighted by Crippen LogP contribution is -2.44. The highest BCUT2D eigenvalue weighted by atomic mass is 16.3. The van der Waals surface area contributed by atoms with Gasteiger partial charge in [-0.05, 0) is 30.0 Å². The first kappa shape index (κ1) is 17.4. The number of benzene rings is 1. The summed E-state index contributed by atoms with van der Waals surface area (Å²) in [4.78, 5) is 20.8. The molecule has 2 aromatic rings. The number of aromatic nitrogens is 1. The number of carbonyl (C=O) groups is 1. The highest BCUT2D eigenvalue weighted by molar-refractivity contribution is 5.94. The van der Waals surface area contributed by atoms with Gasteiger partial charge in [-0.2, -0.15) is 0 Å². The lowest BCUT2D eigenvalue weighted by Gasteiger charge is -2.38. The lowest BCUT2D eigenvalue weighted by atomic mass is 9.81. The molecule has 0 radical (unpaired) electrons. The van der Waals surface area contributed by atoms with Gasteiger partial charge in [0.2, 0.25) is 0 Å². The van der Waals surface area contributed by atoms with E-state index in [1.165, 1.54) is 5.56 Å². The van der Waals surface area contributed by atoms with Gasteiger partial charge in [0.25, 0.3) is 5.91 Å². The van der Waals surface area contributed by atoms with Gasteiger partial charge in [0, 0.05) is 45.9 Å². The highest BCUT2D eigenvalue weighted by Crippen LogP contribution is 2.33. The molecule has 0 bridgehead atoms. The number of pyridine rings is 1. The zero-order chi connectivity index (χ0) is 17.8. The molecule has 5 nitrogen and oxygen atoms in total. The number of piperidine rings is 1. The molecule has 1 aliphatic heterocycles. The van der Waals surface area contributed by atoms with Crippen molar-refractivity contribution in [3.63, 3.8) is 0 Å². The highest BCUT2D eigenvalue weighted by Gasteiger charge is 2.32. The second-order valence-corrected chi connectivity index (χ2v) is 6.80. The van der Waals surface area contributed by atoms with Crippen LogP contribution in [0.2, 0.25) is 0 Å².